The van der Waals surface area contributed by atoms with Crippen molar-refractivity contribution in [3.63, 3.8) is 0 Å². The van der Waals surface area contributed by atoms with Crippen LogP contribution in [0.15, 0.2) is 49.6 Å². The van der Waals surface area contributed by atoms with Crippen molar-refractivity contribution in [3.8, 4) is 5.75 Å². The largest absolute Gasteiger partial charge is 0.497 e. The van der Waals surface area contributed by atoms with E-state index in [0.717, 1.165) is 11.4 Å². The molecule has 4 heteroatoms. The number of hydrogen-bond acceptors (Lipinski definition) is 3. The van der Waals surface area contributed by atoms with E-state index >= 15 is 0 Å². The van der Waals surface area contributed by atoms with E-state index in [1.54, 1.807) is 24.2 Å². The number of benzene rings is 1. The van der Waals surface area contributed by atoms with E-state index in [2.05, 4.69) is 18.5 Å². The highest BCUT2D eigenvalue weighted by molar-refractivity contribution is 5.81. The Morgan fingerprint density at radius 2 is 1.84 bits per heavy atom. The summed E-state index contributed by atoms with van der Waals surface area (Å²) < 4.78 is 5.07. The fraction of sp³-hybridized carbons (Fsp3) is 0.267. The van der Waals surface area contributed by atoms with Crippen LogP contribution in [0.4, 0.5) is 5.69 Å². The van der Waals surface area contributed by atoms with Gasteiger partial charge in [-0.1, -0.05) is 12.2 Å². The molecule has 0 atom stereocenters. The van der Waals surface area contributed by atoms with Crippen LogP contribution >= 0.6 is 0 Å². The summed E-state index contributed by atoms with van der Waals surface area (Å²) in [5.74, 6) is 0.799. The van der Waals surface area contributed by atoms with E-state index in [0.29, 0.717) is 13.1 Å². The molecule has 19 heavy (non-hydrogen) atoms. The molecule has 0 saturated carbocycles. The second kappa shape index (κ2) is 7.97. The van der Waals surface area contributed by atoms with E-state index in [1.807, 2.05) is 24.3 Å². The van der Waals surface area contributed by atoms with Crippen molar-refractivity contribution in [2.75, 3.05) is 32.1 Å². The van der Waals surface area contributed by atoms with Crippen LogP contribution in [-0.4, -0.2) is 37.6 Å². The molecular formula is C15H20N2O2. The number of anilines is 1. The highest BCUT2D eigenvalue weighted by Gasteiger charge is 2.09. The van der Waals surface area contributed by atoms with Gasteiger partial charge in [0.2, 0.25) is 5.91 Å². The van der Waals surface area contributed by atoms with Gasteiger partial charge < -0.3 is 15.0 Å². The Morgan fingerprint density at radius 3 is 2.32 bits per heavy atom. The van der Waals surface area contributed by atoms with Crippen molar-refractivity contribution in [1.82, 2.24) is 4.90 Å². The van der Waals surface area contributed by atoms with Crippen molar-refractivity contribution in [2.24, 2.45) is 0 Å². The fourth-order valence-corrected chi connectivity index (χ4v) is 1.59. The lowest BCUT2D eigenvalue weighted by Crippen LogP contribution is -2.35. The minimum Gasteiger partial charge on any atom is -0.497 e. The van der Waals surface area contributed by atoms with Crippen LogP contribution in [0.5, 0.6) is 5.75 Å². The van der Waals surface area contributed by atoms with Crippen LogP contribution in [-0.2, 0) is 4.79 Å². The first kappa shape index (κ1) is 14.8. The predicted molar refractivity (Wildman–Crippen MR) is 78.5 cm³/mol. The second-order valence-electron chi connectivity index (χ2n) is 3.96. The first-order chi connectivity index (χ1) is 9.21. The number of rotatable bonds is 8. The third kappa shape index (κ3) is 4.87. The van der Waals surface area contributed by atoms with Gasteiger partial charge in [0, 0.05) is 18.8 Å². The summed E-state index contributed by atoms with van der Waals surface area (Å²) in [5, 5.41) is 3.08. The molecule has 1 aromatic rings. The Balaban J connectivity index is 2.51. The minimum atomic E-state index is 0.00983. The van der Waals surface area contributed by atoms with Crippen LogP contribution in [0.25, 0.3) is 0 Å². The lowest BCUT2D eigenvalue weighted by molar-refractivity contribution is -0.128. The van der Waals surface area contributed by atoms with Gasteiger partial charge >= 0.3 is 0 Å². The molecule has 0 aliphatic heterocycles. The zero-order valence-electron chi connectivity index (χ0n) is 11.3. The van der Waals surface area contributed by atoms with Crippen molar-refractivity contribution < 1.29 is 9.53 Å². The summed E-state index contributed by atoms with van der Waals surface area (Å²) in [6, 6.07) is 7.44. The van der Waals surface area contributed by atoms with E-state index in [-0.39, 0.29) is 12.5 Å². The quantitative estimate of drug-likeness (QED) is 0.729. The molecule has 0 fully saturated rings. The molecule has 1 aromatic carbocycles. The Bertz CT molecular complexity index is 416. The van der Waals surface area contributed by atoms with Crippen LogP contribution in [0.3, 0.4) is 0 Å². The molecule has 0 bridgehead atoms. The van der Waals surface area contributed by atoms with Gasteiger partial charge in [0.25, 0.3) is 0 Å². The average Bonchev–Trinajstić information content (AvgIpc) is 2.45. The monoisotopic (exact) mass is 260 g/mol. The second-order valence-corrected chi connectivity index (χ2v) is 3.96. The van der Waals surface area contributed by atoms with E-state index in [1.165, 1.54) is 0 Å². The molecule has 0 saturated heterocycles. The third-order valence-corrected chi connectivity index (χ3v) is 2.59. The Kier molecular flexibility index (Phi) is 6.22. The van der Waals surface area contributed by atoms with Gasteiger partial charge in [-0.3, -0.25) is 4.79 Å². The number of methoxy groups -OCH3 is 1. The number of nitrogens with zero attached hydrogens (tertiary/aromatic N) is 1. The number of nitrogens with one attached hydrogen (secondary N) is 1. The van der Waals surface area contributed by atoms with Crippen molar-refractivity contribution in [1.29, 1.82) is 0 Å². The summed E-state index contributed by atoms with van der Waals surface area (Å²) in [6.45, 7) is 8.57. The summed E-state index contributed by atoms with van der Waals surface area (Å²) in [5.41, 5.74) is 0.881. The van der Waals surface area contributed by atoms with Gasteiger partial charge in [-0.15, -0.1) is 13.2 Å². The highest BCUT2D eigenvalue weighted by atomic mass is 16.5. The summed E-state index contributed by atoms with van der Waals surface area (Å²) >= 11 is 0. The number of amides is 1. The first-order valence-corrected chi connectivity index (χ1v) is 6.08. The molecule has 0 aliphatic carbocycles. The van der Waals surface area contributed by atoms with E-state index in [9.17, 15) is 4.79 Å². The van der Waals surface area contributed by atoms with E-state index in [4.69, 9.17) is 4.74 Å². The Hall–Kier alpha value is -2.23. The lowest BCUT2D eigenvalue weighted by Gasteiger charge is -2.19. The highest BCUT2D eigenvalue weighted by Crippen LogP contribution is 2.14. The number of hydrogen-bond donors (Lipinski definition) is 1. The zero-order valence-corrected chi connectivity index (χ0v) is 11.3. The van der Waals surface area contributed by atoms with Gasteiger partial charge in [0.15, 0.2) is 0 Å². The van der Waals surface area contributed by atoms with Crippen LogP contribution < -0.4 is 10.1 Å². The fourth-order valence-electron chi connectivity index (χ4n) is 1.59. The molecule has 0 radical (unpaired) electrons. The van der Waals surface area contributed by atoms with Gasteiger partial charge in [-0.2, -0.15) is 0 Å². The molecule has 1 rings (SSSR count). The molecule has 0 spiro atoms. The van der Waals surface area contributed by atoms with Crippen molar-refractivity contribution in [3.05, 3.63) is 49.6 Å². The molecule has 0 heterocycles. The van der Waals surface area contributed by atoms with Gasteiger partial charge in [-0.05, 0) is 24.3 Å². The van der Waals surface area contributed by atoms with Gasteiger partial charge in [0.05, 0.1) is 13.7 Å². The maximum atomic E-state index is 12.0. The van der Waals surface area contributed by atoms with Crippen LogP contribution in [0.1, 0.15) is 0 Å². The minimum absolute atomic E-state index is 0.00983. The number of carbonyl (C=O) groups excluding carboxylic acids is 1. The Morgan fingerprint density at radius 1 is 1.26 bits per heavy atom. The number of ether oxygens (including phenoxy) is 1. The molecule has 1 amide bonds. The van der Waals surface area contributed by atoms with Crippen molar-refractivity contribution >= 4 is 11.6 Å². The SMILES string of the molecule is C=CCN(CC=C)C(=O)CNc1ccc(OC)cc1. The average molecular weight is 260 g/mol. The maximum absolute atomic E-state index is 12.0. The molecule has 0 aromatic heterocycles. The van der Waals surface area contributed by atoms with Crippen LogP contribution in [0, 0.1) is 0 Å². The van der Waals surface area contributed by atoms with E-state index < -0.39 is 0 Å². The smallest absolute Gasteiger partial charge is 0.242 e. The molecule has 1 N–H and O–H groups in total. The van der Waals surface area contributed by atoms with Gasteiger partial charge in [0.1, 0.15) is 5.75 Å². The van der Waals surface area contributed by atoms with Gasteiger partial charge in [-0.25, -0.2) is 0 Å². The van der Waals surface area contributed by atoms with Crippen LogP contribution in [0.2, 0.25) is 0 Å². The first-order valence-electron chi connectivity index (χ1n) is 6.08. The predicted octanol–water partition coefficient (Wildman–Crippen LogP) is 2.31. The Labute approximate surface area is 114 Å². The molecular weight excluding hydrogens is 240 g/mol. The third-order valence-electron chi connectivity index (χ3n) is 2.59. The molecule has 0 aliphatic rings. The summed E-state index contributed by atoms with van der Waals surface area (Å²) in [4.78, 5) is 13.6. The molecule has 4 nitrogen and oxygen atoms in total. The standard InChI is InChI=1S/C15H20N2O2/c1-4-10-17(11-5-2)15(18)12-16-13-6-8-14(19-3)9-7-13/h4-9,16H,1-2,10-12H2,3H3. The normalized spacial score (nSPS) is 9.53. The molecule has 102 valence electrons. The summed E-state index contributed by atoms with van der Waals surface area (Å²) in [7, 11) is 1.62. The maximum Gasteiger partial charge on any atom is 0.242 e. The number of carbonyl (C=O) groups is 1. The van der Waals surface area contributed by atoms with Crippen molar-refractivity contribution in [2.45, 2.75) is 0 Å². The molecule has 0 unspecified atom stereocenters. The summed E-state index contributed by atoms with van der Waals surface area (Å²) in [6.07, 6.45) is 3.41. The lowest BCUT2D eigenvalue weighted by atomic mass is 10.3. The zero-order chi connectivity index (χ0) is 14.1. The topological polar surface area (TPSA) is 41.6 Å².